The van der Waals surface area contributed by atoms with E-state index in [0.29, 0.717) is 0 Å². The minimum Gasteiger partial charge on any atom is -0.342 e. The Morgan fingerprint density at radius 2 is 1.87 bits per heavy atom. The van der Waals surface area contributed by atoms with Crippen LogP contribution in [0.1, 0.15) is 43.7 Å². The number of para-hydroxylation sites is 2. The summed E-state index contributed by atoms with van der Waals surface area (Å²) in [6, 6.07) is 14.5. The fraction of sp³-hybridized carbons (Fsp3) is 0.440. The van der Waals surface area contributed by atoms with Gasteiger partial charge >= 0.3 is 0 Å². The number of benzene rings is 2. The summed E-state index contributed by atoms with van der Waals surface area (Å²) < 4.78 is 2.36. The first-order valence-corrected chi connectivity index (χ1v) is 11.1. The quantitative estimate of drug-likeness (QED) is 0.606. The van der Waals surface area contributed by atoms with Crippen LogP contribution < -0.4 is 10.2 Å². The van der Waals surface area contributed by atoms with Crippen LogP contribution >= 0.6 is 0 Å². The fourth-order valence-electron chi connectivity index (χ4n) is 4.25. The van der Waals surface area contributed by atoms with Crippen LogP contribution in [-0.2, 0) is 11.3 Å². The molecule has 5 nitrogen and oxygen atoms in total. The third-order valence-corrected chi connectivity index (χ3v) is 6.29. The van der Waals surface area contributed by atoms with Crippen molar-refractivity contribution in [2.75, 3.05) is 23.3 Å². The van der Waals surface area contributed by atoms with Crippen LogP contribution in [0.3, 0.4) is 0 Å². The van der Waals surface area contributed by atoms with Crippen molar-refractivity contribution in [2.24, 2.45) is 5.92 Å². The van der Waals surface area contributed by atoms with Gasteiger partial charge in [0.2, 0.25) is 11.9 Å². The first-order valence-electron chi connectivity index (χ1n) is 11.1. The number of imidazole rings is 1. The summed E-state index contributed by atoms with van der Waals surface area (Å²) in [5, 5.41) is 3.12. The summed E-state index contributed by atoms with van der Waals surface area (Å²) in [6.45, 7) is 9.09. The maximum absolute atomic E-state index is 12.8. The van der Waals surface area contributed by atoms with Gasteiger partial charge in [-0.25, -0.2) is 4.98 Å². The Morgan fingerprint density at radius 1 is 1.10 bits per heavy atom. The van der Waals surface area contributed by atoms with Gasteiger partial charge in [-0.3, -0.25) is 4.79 Å². The highest BCUT2D eigenvalue weighted by Crippen LogP contribution is 2.28. The van der Waals surface area contributed by atoms with Gasteiger partial charge in [0.05, 0.1) is 11.0 Å². The molecule has 2 heterocycles. The zero-order chi connectivity index (χ0) is 21.1. The number of aryl methyl sites for hydroxylation is 3. The SMILES string of the molecule is CCCCn1c(N2CCC(C(=O)Nc3ccc(C)c(C)c3)CC2)nc2ccccc21. The first kappa shape index (κ1) is 20.5. The maximum atomic E-state index is 12.8. The lowest BCUT2D eigenvalue weighted by molar-refractivity contribution is -0.120. The van der Waals surface area contributed by atoms with E-state index in [1.807, 2.05) is 12.1 Å². The molecule has 0 aliphatic carbocycles. The van der Waals surface area contributed by atoms with Gasteiger partial charge in [-0.05, 0) is 68.5 Å². The summed E-state index contributed by atoms with van der Waals surface area (Å²) in [7, 11) is 0. The number of carbonyl (C=O) groups is 1. The van der Waals surface area contributed by atoms with E-state index in [9.17, 15) is 4.79 Å². The summed E-state index contributed by atoms with van der Waals surface area (Å²) in [5.74, 6) is 1.24. The average molecular weight is 405 g/mol. The minimum absolute atomic E-state index is 0.0522. The number of hydrogen-bond acceptors (Lipinski definition) is 3. The summed E-state index contributed by atoms with van der Waals surface area (Å²) >= 11 is 0. The maximum Gasteiger partial charge on any atom is 0.227 e. The van der Waals surface area contributed by atoms with Gasteiger partial charge in [0.25, 0.3) is 0 Å². The second kappa shape index (κ2) is 8.90. The Bertz CT molecular complexity index is 1030. The minimum atomic E-state index is 0.0522. The van der Waals surface area contributed by atoms with Crippen LogP contribution in [0.4, 0.5) is 11.6 Å². The van der Waals surface area contributed by atoms with Crippen LogP contribution in [0, 0.1) is 19.8 Å². The van der Waals surface area contributed by atoms with E-state index in [2.05, 4.69) is 65.9 Å². The summed E-state index contributed by atoms with van der Waals surface area (Å²) in [6.07, 6.45) is 4.01. The second-order valence-corrected chi connectivity index (χ2v) is 8.46. The molecule has 0 saturated carbocycles. The van der Waals surface area contributed by atoms with Gasteiger partial charge in [0, 0.05) is 31.2 Å². The molecule has 0 bridgehead atoms. The Morgan fingerprint density at radius 3 is 2.60 bits per heavy atom. The second-order valence-electron chi connectivity index (χ2n) is 8.46. The predicted octanol–water partition coefficient (Wildman–Crippen LogP) is 5.31. The molecule has 1 aliphatic rings. The van der Waals surface area contributed by atoms with E-state index in [-0.39, 0.29) is 11.8 Å². The van der Waals surface area contributed by atoms with Crippen molar-refractivity contribution < 1.29 is 4.79 Å². The van der Waals surface area contributed by atoms with Gasteiger partial charge in [-0.2, -0.15) is 0 Å². The Kier molecular flexibility index (Phi) is 6.07. The van der Waals surface area contributed by atoms with Crippen LogP contribution in [0.2, 0.25) is 0 Å². The largest absolute Gasteiger partial charge is 0.342 e. The number of carbonyl (C=O) groups excluding carboxylic acids is 1. The highest BCUT2D eigenvalue weighted by atomic mass is 16.1. The molecule has 0 unspecified atom stereocenters. The van der Waals surface area contributed by atoms with Crippen molar-refractivity contribution in [3.63, 3.8) is 0 Å². The van der Waals surface area contributed by atoms with E-state index in [1.54, 1.807) is 0 Å². The van der Waals surface area contributed by atoms with Crippen molar-refractivity contribution in [3.8, 4) is 0 Å². The molecule has 0 spiro atoms. The molecule has 1 aliphatic heterocycles. The number of unbranched alkanes of at least 4 members (excludes halogenated alkanes) is 1. The number of amides is 1. The number of piperidine rings is 1. The molecule has 1 amide bonds. The van der Waals surface area contributed by atoms with Crippen LogP contribution in [0.15, 0.2) is 42.5 Å². The molecule has 3 aromatic rings. The number of hydrogen-bond donors (Lipinski definition) is 1. The average Bonchev–Trinajstić information content (AvgIpc) is 3.13. The van der Waals surface area contributed by atoms with Crippen molar-refractivity contribution in [1.29, 1.82) is 0 Å². The van der Waals surface area contributed by atoms with Crippen LogP contribution in [0.25, 0.3) is 11.0 Å². The zero-order valence-corrected chi connectivity index (χ0v) is 18.3. The molecule has 4 rings (SSSR count). The van der Waals surface area contributed by atoms with Crippen LogP contribution in [0.5, 0.6) is 0 Å². The molecule has 1 aromatic heterocycles. The van der Waals surface area contributed by atoms with E-state index >= 15 is 0 Å². The lowest BCUT2D eigenvalue weighted by Crippen LogP contribution is -2.39. The molecular weight excluding hydrogens is 372 g/mol. The third-order valence-electron chi connectivity index (χ3n) is 6.29. The molecular formula is C25H32N4O. The number of nitrogens with zero attached hydrogens (tertiary/aromatic N) is 3. The molecule has 158 valence electrons. The smallest absolute Gasteiger partial charge is 0.227 e. The van der Waals surface area contributed by atoms with Gasteiger partial charge < -0.3 is 14.8 Å². The Hall–Kier alpha value is -2.82. The Balaban J connectivity index is 1.44. The number of aromatic nitrogens is 2. The summed E-state index contributed by atoms with van der Waals surface area (Å²) in [4.78, 5) is 20.1. The van der Waals surface area contributed by atoms with Gasteiger partial charge in [-0.15, -0.1) is 0 Å². The lowest BCUT2D eigenvalue weighted by atomic mass is 9.96. The molecule has 5 heteroatoms. The van der Waals surface area contributed by atoms with Gasteiger partial charge in [-0.1, -0.05) is 31.5 Å². The number of anilines is 2. The predicted molar refractivity (Wildman–Crippen MR) is 124 cm³/mol. The topological polar surface area (TPSA) is 50.2 Å². The van der Waals surface area contributed by atoms with Crippen molar-refractivity contribution in [3.05, 3.63) is 53.6 Å². The normalized spacial score (nSPS) is 15.0. The standard InChI is InChI=1S/C25H32N4O/c1-4-5-14-29-23-9-7-6-8-22(23)27-25(29)28-15-12-20(13-16-28)24(30)26-21-11-10-18(2)19(3)17-21/h6-11,17,20H,4-5,12-16H2,1-3H3,(H,26,30). The van der Waals surface area contributed by atoms with Crippen molar-refractivity contribution in [2.45, 2.75) is 53.0 Å². The zero-order valence-electron chi connectivity index (χ0n) is 18.3. The van der Waals surface area contributed by atoms with E-state index in [4.69, 9.17) is 4.98 Å². The monoisotopic (exact) mass is 404 g/mol. The molecule has 30 heavy (non-hydrogen) atoms. The first-order chi connectivity index (χ1) is 14.6. The van der Waals surface area contributed by atoms with E-state index in [0.717, 1.165) is 62.5 Å². The molecule has 0 radical (unpaired) electrons. The number of rotatable bonds is 6. The van der Waals surface area contributed by atoms with Gasteiger partial charge in [0.15, 0.2) is 0 Å². The molecule has 1 fully saturated rings. The highest BCUT2D eigenvalue weighted by Gasteiger charge is 2.27. The molecule has 2 aromatic carbocycles. The lowest BCUT2D eigenvalue weighted by Gasteiger charge is -2.32. The molecule has 1 saturated heterocycles. The number of nitrogens with one attached hydrogen (secondary N) is 1. The molecule has 1 N–H and O–H groups in total. The fourth-order valence-corrected chi connectivity index (χ4v) is 4.25. The van der Waals surface area contributed by atoms with Crippen LogP contribution in [-0.4, -0.2) is 28.5 Å². The summed E-state index contributed by atoms with van der Waals surface area (Å²) in [5.41, 5.74) is 5.60. The molecule has 0 atom stereocenters. The highest BCUT2D eigenvalue weighted by molar-refractivity contribution is 5.92. The van der Waals surface area contributed by atoms with Crippen molar-refractivity contribution >= 4 is 28.6 Å². The number of fused-ring (bicyclic) bond motifs is 1. The Labute approximate surface area is 179 Å². The van der Waals surface area contributed by atoms with Gasteiger partial charge in [0.1, 0.15) is 0 Å². The van der Waals surface area contributed by atoms with Crippen molar-refractivity contribution in [1.82, 2.24) is 9.55 Å². The van der Waals surface area contributed by atoms with E-state index < -0.39 is 0 Å². The van der Waals surface area contributed by atoms with E-state index in [1.165, 1.54) is 16.6 Å². The third kappa shape index (κ3) is 4.20.